The summed E-state index contributed by atoms with van der Waals surface area (Å²) in [6, 6.07) is 0. The molecular formula is C6H6NO4S-. The smallest absolute Gasteiger partial charge is 0.264 e. The van der Waals surface area contributed by atoms with Crippen molar-refractivity contribution in [2.24, 2.45) is 0 Å². The van der Waals surface area contributed by atoms with Crippen LogP contribution >= 0.6 is 0 Å². The van der Waals surface area contributed by atoms with Crippen LogP contribution in [0.1, 0.15) is 0 Å². The first-order valence-corrected chi connectivity index (χ1v) is 3.80. The van der Waals surface area contributed by atoms with Crippen LogP contribution in [-0.4, -0.2) is 24.9 Å². The standard InChI is InChI=1S/C6H7NO4S/c1-3-5(8)7(12(10)11)6(9)4-2/h3-4H,1-2H2,(H,10,11)/p-1. The molecule has 0 saturated heterocycles. The topological polar surface area (TPSA) is 77.5 Å². The van der Waals surface area contributed by atoms with Crippen molar-refractivity contribution in [2.45, 2.75) is 0 Å². The molecule has 1 unspecified atom stereocenters. The molecule has 0 aromatic heterocycles. The lowest BCUT2D eigenvalue weighted by molar-refractivity contribution is -0.132. The molecule has 0 spiro atoms. The second-order valence-corrected chi connectivity index (χ2v) is 2.40. The summed E-state index contributed by atoms with van der Waals surface area (Å²) in [4.78, 5) is 21.4. The van der Waals surface area contributed by atoms with E-state index in [1.165, 1.54) is 0 Å². The summed E-state index contributed by atoms with van der Waals surface area (Å²) in [5.74, 6) is -2.01. The maximum Gasteiger partial charge on any atom is 0.264 e. The molecule has 0 aliphatic heterocycles. The van der Waals surface area contributed by atoms with Crippen LogP contribution < -0.4 is 0 Å². The van der Waals surface area contributed by atoms with Gasteiger partial charge in [-0.3, -0.25) is 13.8 Å². The van der Waals surface area contributed by atoms with E-state index in [0.717, 1.165) is 12.2 Å². The zero-order chi connectivity index (χ0) is 9.72. The molecule has 6 heteroatoms. The molecule has 0 fully saturated rings. The molecule has 12 heavy (non-hydrogen) atoms. The van der Waals surface area contributed by atoms with Gasteiger partial charge in [-0.25, -0.2) is 4.31 Å². The lowest BCUT2D eigenvalue weighted by atomic mass is 10.5. The van der Waals surface area contributed by atoms with Crippen molar-refractivity contribution in [2.75, 3.05) is 0 Å². The van der Waals surface area contributed by atoms with Gasteiger partial charge in [0.25, 0.3) is 11.8 Å². The van der Waals surface area contributed by atoms with Gasteiger partial charge in [0.15, 0.2) is 0 Å². The SMILES string of the molecule is C=CC(=O)N(C(=O)C=C)S(=O)[O-]. The van der Waals surface area contributed by atoms with Gasteiger partial charge in [0.2, 0.25) is 0 Å². The monoisotopic (exact) mass is 188 g/mol. The molecule has 0 aromatic carbocycles. The normalized spacial score (nSPS) is 11.4. The van der Waals surface area contributed by atoms with Crippen LogP contribution in [0.4, 0.5) is 0 Å². The van der Waals surface area contributed by atoms with E-state index < -0.39 is 23.1 Å². The molecule has 0 N–H and O–H groups in total. The average Bonchev–Trinajstić information content (AvgIpc) is 2.03. The van der Waals surface area contributed by atoms with Crippen LogP contribution in [0.2, 0.25) is 0 Å². The first-order chi connectivity index (χ1) is 5.54. The Morgan fingerprint density at radius 1 is 1.25 bits per heavy atom. The Morgan fingerprint density at radius 2 is 1.58 bits per heavy atom. The van der Waals surface area contributed by atoms with Crippen LogP contribution in [0, 0.1) is 0 Å². The third-order valence-corrected chi connectivity index (χ3v) is 1.56. The lowest BCUT2D eigenvalue weighted by Crippen LogP contribution is -2.35. The third-order valence-electron chi connectivity index (χ3n) is 0.899. The van der Waals surface area contributed by atoms with E-state index in [4.69, 9.17) is 0 Å². The molecule has 2 amide bonds. The molecule has 0 aromatic rings. The van der Waals surface area contributed by atoms with Crippen LogP contribution in [0.5, 0.6) is 0 Å². The molecule has 0 aliphatic carbocycles. The highest BCUT2D eigenvalue weighted by Crippen LogP contribution is 1.96. The van der Waals surface area contributed by atoms with E-state index in [1.807, 2.05) is 0 Å². The zero-order valence-corrected chi connectivity index (χ0v) is 6.87. The molecule has 5 nitrogen and oxygen atoms in total. The maximum absolute atomic E-state index is 10.7. The number of carbonyl (C=O) groups is 2. The van der Waals surface area contributed by atoms with Gasteiger partial charge in [-0.05, 0) is 12.2 Å². The van der Waals surface area contributed by atoms with Gasteiger partial charge >= 0.3 is 0 Å². The van der Waals surface area contributed by atoms with E-state index >= 15 is 0 Å². The number of amides is 2. The van der Waals surface area contributed by atoms with Crippen molar-refractivity contribution < 1.29 is 18.4 Å². The Labute approximate surface area is 71.8 Å². The number of imide groups is 1. The highest BCUT2D eigenvalue weighted by molar-refractivity contribution is 7.78. The number of nitrogens with zero attached hydrogens (tertiary/aromatic N) is 1. The number of rotatable bonds is 3. The number of hydrogen-bond donors (Lipinski definition) is 0. The van der Waals surface area contributed by atoms with Crippen molar-refractivity contribution in [3.8, 4) is 0 Å². The summed E-state index contributed by atoms with van der Waals surface area (Å²) in [5, 5.41) is 0. The Balaban J connectivity index is 4.78. The van der Waals surface area contributed by atoms with Crippen LogP contribution in [0.25, 0.3) is 0 Å². The van der Waals surface area contributed by atoms with E-state index in [2.05, 4.69) is 13.2 Å². The van der Waals surface area contributed by atoms with Gasteiger partial charge in [-0.2, -0.15) is 0 Å². The predicted molar refractivity (Wildman–Crippen MR) is 41.2 cm³/mol. The van der Waals surface area contributed by atoms with E-state index in [0.29, 0.717) is 0 Å². The quantitative estimate of drug-likeness (QED) is 0.442. The van der Waals surface area contributed by atoms with Crippen molar-refractivity contribution >= 4 is 23.1 Å². The fourth-order valence-corrected chi connectivity index (χ4v) is 0.864. The molecule has 0 saturated carbocycles. The highest BCUT2D eigenvalue weighted by Gasteiger charge is 2.16. The maximum atomic E-state index is 10.7. The van der Waals surface area contributed by atoms with Crippen molar-refractivity contribution in [3.05, 3.63) is 25.3 Å². The van der Waals surface area contributed by atoms with E-state index in [9.17, 15) is 18.4 Å². The fraction of sp³-hybridized carbons (Fsp3) is 0. The largest absolute Gasteiger partial charge is 0.755 e. The van der Waals surface area contributed by atoms with Gasteiger partial charge in [-0.1, -0.05) is 13.2 Å². The average molecular weight is 188 g/mol. The molecule has 0 radical (unpaired) electrons. The van der Waals surface area contributed by atoms with E-state index in [-0.39, 0.29) is 4.31 Å². The summed E-state index contributed by atoms with van der Waals surface area (Å²) in [6.07, 6.45) is 1.44. The Morgan fingerprint density at radius 3 is 1.75 bits per heavy atom. The third kappa shape index (κ3) is 2.40. The van der Waals surface area contributed by atoms with Gasteiger partial charge < -0.3 is 4.55 Å². The predicted octanol–water partition coefficient (Wildman–Crippen LogP) is -0.492. The summed E-state index contributed by atoms with van der Waals surface area (Å²) < 4.78 is 20.6. The highest BCUT2D eigenvalue weighted by atomic mass is 32.2. The molecule has 0 rings (SSSR count). The molecular weight excluding hydrogens is 182 g/mol. The van der Waals surface area contributed by atoms with Crippen molar-refractivity contribution in [3.63, 3.8) is 0 Å². The van der Waals surface area contributed by atoms with E-state index in [1.54, 1.807) is 0 Å². The second kappa shape index (κ2) is 4.58. The Hall–Kier alpha value is -1.27. The van der Waals surface area contributed by atoms with Crippen LogP contribution in [-0.2, 0) is 20.9 Å². The minimum absolute atomic E-state index is 0.0139. The number of hydrogen-bond acceptors (Lipinski definition) is 4. The van der Waals surface area contributed by atoms with Crippen molar-refractivity contribution in [1.29, 1.82) is 0 Å². The van der Waals surface area contributed by atoms with Gasteiger partial charge in [0.1, 0.15) is 0 Å². The summed E-state index contributed by atoms with van der Waals surface area (Å²) in [5.41, 5.74) is 0. The summed E-state index contributed by atoms with van der Waals surface area (Å²) in [7, 11) is 0. The molecule has 0 bridgehead atoms. The first kappa shape index (κ1) is 10.7. The summed E-state index contributed by atoms with van der Waals surface area (Å²) >= 11 is -2.92. The second-order valence-electron chi connectivity index (χ2n) is 1.60. The lowest BCUT2D eigenvalue weighted by Gasteiger charge is -2.18. The van der Waals surface area contributed by atoms with Crippen molar-refractivity contribution in [1.82, 2.24) is 4.31 Å². The van der Waals surface area contributed by atoms with Gasteiger partial charge in [0, 0.05) is 0 Å². The first-order valence-electron chi connectivity index (χ1n) is 2.77. The molecule has 0 aliphatic rings. The number of carbonyl (C=O) groups excluding carboxylic acids is 2. The van der Waals surface area contributed by atoms with Crippen LogP contribution in [0.3, 0.4) is 0 Å². The van der Waals surface area contributed by atoms with Crippen LogP contribution in [0.15, 0.2) is 25.3 Å². The molecule has 66 valence electrons. The summed E-state index contributed by atoms with van der Waals surface area (Å²) in [6.45, 7) is 6.06. The fourth-order valence-electron chi connectivity index (χ4n) is 0.421. The molecule has 1 atom stereocenters. The van der Waals surface area contributed by atoms with Gasteiger partial charge in [0.05, 0.1) is 11.3 Å². The zero-order valence-electron chi connectivity index (χ0n) is 6.06. The Bertz CT molecular complexity index is 240. The Kier molecular flexibility index (Phi) is 4.09. The van der Waals surface area contributed by atoms with Gasteiger partial charge in [-0.15, -0.1) is 0 Å². The minimum atomic E-state index is -2.92. The minimum Gasteiger partial charge on any atom is -0.755 e. The molecule has 0 heterocycles.